The molecule has 0 bridgehead atoms. The number of unbranched alkanes of at least 4 members (excludes halogenated alkanes) is 2. The maximum absolute atomic E-state index is 9.58. The molecule has 0 saturated carbocycles. The fourth-order valence-electron chi connectivity index (χ4n) is 2.99. The number of aromatic nitrogens is 1. The lowest BCUT2D eigenvalue weighted by molar-refractivity contribution is 0.717. The summed E-state index contributed by atoms with van der Waals surface area (Å²) < 4.78 is 0. The number of benzene rings is 2. The summed E-state index contributed by atoms with van der Waals surface area (Å²) in [6, 6.07) is 19.0. The largest absolute Gasteiger partial charge is 0.361 e. The highest BCUT2D eigenvalue weighted by molar-refractivity contribution is 6.01. The quantitative estimate of drug-likeness (QED) is 0.442. The Kier molecular flexibility index (Phi) is 5.13. The summed E-state index contributed by atoms with van der Waals surface area (Å²) in [7, 11) is 0. The van der Waals surface area contributed by atoms with Gasteiger partial charge in [-0.25, -0.2) is 0 Å². The van der Waals surface area contributed by atoms with Gasteiger partial charge in [-0.15, -0.1) is 0 Å². The van der Waals surface area contributed by atoms with E-state index < -0.39 is 0 Å². The molecule has 1 heterocycles. The minimum Gasteiger partial charge on any atom is -0.361 e. The molecular formula is C22H22N2. The molecular weight excluding hydrogens is 292 g/mol. The Hall–Kier alpha value is -2.79. The fourth-order valence-corrected chi connectivity index (χ4v) is 2.99. The molecule has 0 aliphatic rings. The molecule has 0 aliphatic heterocycles. The second-order valence-electron chi connectivity index (χ2n) is 6.12. The predicted molar refractivity (Wildman–Crippen MR) is 101 cm³/mol. The van der Waals surface area contributed by atoms with Gasteiger partial charge in [-0.2, -0.15) is 5.26 Å². The number of fused-ring (bicyclic) bond motifs is 1. The topological polar surface area (TPSA) is 39.6 Å². The monoisotopic (exact) mass is 314 g/mol. The van der Waals surface area contributed by atoms with Crippen molar-refractivity contribution in [3.05, 3.63) is 71.4 Å². The molecule has 2 heteroatoms. The van der Waals surface area contributed by atoms with Gasteiger partial charge in [0.1, 0.15) is 0 Å². The summed E-state index contributed by atoms with van der Waals surface area (Å²) in [5.41, 5.74) is 5.13. The van der Waals surface area contributed by atoms with Crippen LogP contribution in [0.1, 0.15) is 42.9 Å². The number of aryl methyl sites for hydroxylation is 1. The van der Waals surface area contributed by atoms with Gasteiger partial charge in [-0.3, -0.25) is 0 Å². The molecule has 120 valence electrons. The van der Waals surface area contributed by atoms with E-state index in [2.05, 4.69) is 42.2 Å². The molecule has 0 radical (unpaired) electrons. The van der Waals surface area contributed by atoms with E-state index in [0.29, 0.717) is 5.57 Å². The Labute approximate surface area is 143 Å². The van der Waals surface area contributed by atoms with Crippen LogP contribution in [0.15, 0.2) is 54.7 Å². The van der Waals surface area contributed by atoms with Crippen molar-refractivity contribution in [1.29, 1.82) is 5.26 Å². The Bertz CT molecular complexity index is 876. The van der Waals surface area contributed by atoms with Gasteiger partial charge in [-0.05, 0) is 36.1 Å². The van der Waals surface area contributed by atoms with Gasteiger partial charge >= 0.3 is 0 Å². The summed E-state index contributed by atoms with van der Waals surface area (Å²) in [5, 5.41) is 10.7. The first-order valence-electron chi connectivity index (χ1n) is 8.59. The lowest BCUT2D eigenvalue weighted by atomic mass is 10.0. The third kappa shape index (κ3) is 3.58. The molecule has 0 fully saturated rings. The van der Waals surface area contributed by atoms with Gasteiger partial charge in [0.15, 0.2) is 0 Å². The highest BCUT2D eigenvalue weighted by Gasteiger charge is 2.08. The van der Waals surface area contributed by atoms with Gasteiger partial charge in [0, 0.05) is 22.7 Å². The SMILES string of the molecule is CCCCCc1ccc(/C=C(\C#N)c2c[nH]c3ccccc23)cc1. The van der Waals surface area contributed by atoms with Crippen molar-refractivity contribution in [2.75, 3.05) is 0 Å². The first kappa shape index (κ1) is 16.1. The third-order valence-electron chi connectivity index (χ3n) is 4.36. The minimum atomic E-state index is 0.686. The molecule has 3 rings (SSSR count). The molecule has 0 atom stereocenters. The summed E-state index contributed by atoms with van der Waals surface area (Å²) in [6.45, 7) is 2.22. The van der Waals surface area contributed by atoms with E-state index in [0.717, 1.165) is 28.5 Å². The summed E-state index contributed by atoms with van der Waals surface area (Å²) >= 11 is 0. The number of hydrogen-bond acceptors (Lipinski definition) is 1. The zero-order valence-corrected chi connectivity index (χ0v) is 14.0. The van der Waals surface area contributed by atoms with E-state index in [1.54, 1.807) is 0 Å². The van der Waals surface area contributed by atoms with E-state index >= 15 is 0 Å². The first-order valence-corrected chi connectivity index (χ1v) is 8.59. The van der Waals surface area contributed by atoms with Crippen LogP contribution in [0.25, 0.3) is 22.6 Å². The number of aromatic amines is 1. The zero-order chi connectivity index (χ0) is 16.8. The van der Waals surface area contributed by atoms with Crippen molar-refractivity contribution in [1.82, 2.24) is 4.98 Å². The second-order valence-corrected chi connectivity index (χ2v) is 6.12. The number of nitrogens with zero attached hydrogens (tertiary/aromatic N) is 1. The van der Waals surface area contributed by atoms with Crippen molar-refractivity contribution >= 4 is 22.6 Å². The zero-order valence-electron chi connectivity index (χ0n) is 14.0. The van der Waals surface area contributed by atoms with Crippen molar-refractivity contribution < 1.29 is 0 Å². The van der Waals surface area contributed by atoms with Crippen LogP contribution in [-0.4, -0.2) is 4.98 Å². The molecule has 2 aromatic carbocycles. The number of nitriles is 1. The lowest BCUT2D eigenvalue weighted by Crippen LogP contribution is -1.86. The number of hydrogen-bond donors (Lipinski definition) is 1. The van der Waals surface area contributed by atoms with Gasteiger partial charge in [-0.1, -0.05) is 62.2 Å². The lowest BCUT2D eigenvalue weighted by Gasteiger charge is -2.02. The van der Waals surface area contributed by atoms with Gasteiger partial charge in [0.25, 0.3) is 0 Å². The normalized spacial score (nSPS) is 11.6. The minimum absolute atomic E-state index is 0.686. The Morgan fingerprint density at radius 1 is 1.08 bits per heavy atom. The molecule has 24 heavy (non-hydrogen) atoms. The van der Waals surface area contributed by atoms with E-state index in [1.165, 1.54) is 24.8 Å². The summed E-state index contributed by atoms with van der Waals surface area (Å²) in [6.07, 6.45) is 8.78. The van der Waals surface area contributed by atoms with Gasteiger partial charge in [0.05, 0.1) is 11.6 Å². The van der Waals surface area contributed by atoms with Crippen molar-refractivity contribution in [2.45, 2.75) is 32.6 Å². The van der Waals surface area contributed by atoms with Crippen LogP contribution in [0.5, 0.6) is 0 Å². The first-order chi connectivity index (χ1) is 11.8. The number of para-hydroxylation sites is 1. The average molecular weight is 314 g/mol. The van der Waals surface area contributed by atoms with Crippen LogP contribution in [0, 0.1) is 11.3 Å². The molecule has 0 amide bonds. The average Bonchev–Trinajstić information content (AvgIpc) is 3.05. The molecule has 1 aromatic heterocycles. The van der Waals surface area contributed by atoms with E-state index in [9.17, 15) is 5.26 Å². The molecule has 0 spiro atoms. The highest BCUT2D eigenvalue weighted by atomic mass is 14.7. The van der Waals surface area contributed by atoms with Crippen LogP contribution in [-0.2, 0) is 6.42 Å². The van der Waals surface area contributed by atoms with Gasteiger partial charge in [0.2, 0.25) is 0 Å². The molecule has 0 unspecified atom stereocenters. The smallest absolute Gasteiger partial charge is 0.0998 e. The predicted octanol–water partition coefficient (Wildman–Crippen LogP) is 5.96. The number of nitrogens with one attached hydrogen (secondary N) is 1. The van der Waals surface area contributed by atoms with Crippen molar-refractivity contribution in [2.24, 2.45) is 0 Å². The maximum Gasteiger partial charge on any atom is 0.0998 e. The molecule has 0 aliphatic carbocycles. The number of H-pyrrole nitrogens is 1. The van der Waals surface area contributed by atoms with Crippen LogP contribution in [0.3, 0.4) is 0 Å². The van der Waals surface area contributed by atoms with E-state index in [4.69, 9.17) is 0 Å². The van der Waals surface area contributed by atoms with Crippen LogP contribution < -0.4 is 0 Å². The third-order valence-corrected chi connectivity index (χ3v) is 4.36. The second kappa shape index (κ2) is 7.66. The molecule has 0 saturated heterocycles. The van der Waals surface area contributed by atoms with E-state index in [-0.39, 0.29) is 0 Å². The Balaban J connectivity index is 1.84. The summed E-state index contributed by atoms with van der Waals surface area (Å²) in [4.78, 5) is 3.23. The maximum atomic E-state index is 9.58. The van der Waals surface area contributed by atoms with E-state index in [1.807, 2.05) is 36.5 Å². The molecule has 2 nitrogen and oxygen atoms in total. The Morgan fingerprint density at radius 2 is 1.88 bits per heavy atom. The summed E-state index contributed by atoms with van der Waals surface area (Å²) in [5.74, 6) is 0. The van der Waals surface area contributed by atoms with Crippen LogP contribution in [0.4, 0.5) is 0 Å². The Morgan fingerprint density at radius 3 is 2.62 bits per heavy atom. The van der Waals surface area contributed by atoms with Crippen LogP contribution in [0.2, 0.25) is 0 Å². The molecule has 3 aromatic rings. The van der Waals surface area contributed by atoms with Crippen molar-refractivity contribution in [3.8, 4) is 6.07 Å². The van der Waals surface area contributed by atoms with Crippen molar-refractivity contribution in [3.63, 3.8) is 0 Å². The fraction of sp³-hybridized carbons (Fsp3) is 0.227. The number of rotatable bonds is 6. The standard InChI is InChI=1S/C22H22N2/c1-2-3-4-7-17-10-12-18(13-11-17)14-19(15-23)21-16-24-22-9-6-5-8-20(21)22/h5-6,8-14,16,24H,2-4,7H2,1H3/b19-14+. The highest BCUT2D eigenvalue weighted by Crippen LogP contribution is 2.26. The van der Waals surface area contributed by atoms with Crippen LogP contribution >= 0.6 is 0 Å². The molecule has 1 N–H and O–H groups in total. The number of allylic oxidation sites excluding steroid dienone is 1. The van der Waals surface area contributed by atoms with Gasteiger partial charge < -0.3 is 4.98 Å².